The number of ether oxygens (including phenoxy) is 1. The fourth-order valence-corrected chi connectivity index (χ4v) is 1.62. The fourth-order valence-electron chi connectivity index (χ4n) is 1.62. The molecule has 0 saturated carbocycles. The van der Waals surface area contributed by atoms with Crippen LogP contribution in [0, 0.1) is 12.7 Å². The van der Waals surface area contributed by atoms with Gasteiger partial charge in [0.1, 0.15) is 0 Å². The number of anilines is 2. The maximum absolute atomic E-state index is 13.3. The molecule has 20 heavy (non-hydrogen) atoms. The van der Waals surface area contributed by atoms with E-state index < -0.39 is 5.82 Å². The molecule has 0 bridgehead atoms. The molecule has 5 heteroatoms. The smallest absolute Gasteiger partial charge is 0.262 e. The molecule has 0 aromatic heterocycles. The number of nitrogen functional groups attached to an aromatic ring is 1. The quantitative estimate of drug-likeness (QED) is 0.842. The van der Waals surface area contributed by atoms with Gasteiger partial charge in [-0.1, -0.05) is 18.2 Å². The number of amides is 1. The van der Waals surface area contributed by atoms with Crippen molar-refractivity contribution in [3.8, 4) is 5.75 Å². The predicted molar refractivity (Wildman–Crippen MR) is 76.1 cm³/mol. The molecule has 0 aliphatic carbocycles. The number of nitrogens with one attached hydrogen (secondary N) is 1. The molecule has 0 spiro atoms. The van der Waals surface area contributed by atoms with E-state index in [4.69, 9.17) is 10.5 Å². The van der Waals surface area contributed by atoms with Crippen LogP contribution >= 0.6 is 0 Å². The Hall–Kier alpha value is -2.56. The van der Waals surface area contributed by atoms with Crippen LogP contribution in [0.4, 0.5) is 15.8 Å². The van der Waals surface area contributed by atoms with Crippen molar-refractivity contribution in [3.05, 3.63) is 53.8 Å². The van der Waals surface area contributed by atoms with Crippen molar-refractivity contribution in [2.45, 2.75) is 6.92 Å². The Labute approximate surface area is 116 Å². The third kappa shape index (κ3) is 3.47. The van der Waals surface area contributed by atoms with Gasteiger partial charge in [0.05, 0.1) is 0 Å². The first-order chi connectivity index (χ1) is 9.56. The van der Waals surface area contributed by atoms with E-state index in [1.165, 1.54) is 12.1 Å². The number of benzene rings is 2. The van der Waals surface area contributed by atoms with Gasteiger partial charge >= 0.3 is 0 Å². The summed E-state index contributed by atoms with van der Waals surface area (Å²) in [5.41, 5.74) is 7.86. The lowest BCUT2D eigenvalue weighted by molar-refractivity contribution is -0.118. The average Bonchev–Trinajstić information content (AvgIpc) is 2.42. The van der Waals surface area contributed by atoms with Crippen LogP contribution in [0.15, 0.2) is 42.5 Å². The Kier molecular flexibility index (Phi) is 4.20. The highest BCUT2D eigenvalue weighted by Gasteiger charge is 2.07. The number of nitrogens with two attached hydrogens (primary N) is 1. The van der Waals surface area contributed by atoms with Gasteiger partial charge < -0.3 is 15.8 Å². The van der Waals surface area contributed by atoms with Crippen molar-refractivity contribution >= 4 is 17.3 Å². The lowest BCUT2D eigenvalue weighted by atomic mass is 10.2. The summed E-state index contributed by atoms with van der Waals surface area (Å²) in [5.74, 6) is -0.831. The number of carbonyl (C=O) groups excluding carboxylic acids is 1. The Bertz CT molecular complexity index is 629. The van der Waals surface area contributed by atoms with Crippen LogP contribution < -0.4 is 15.8 Å². The zero-order valence-corrected chi connectivity index (χ0v) is 11.0. The number of aryl methyl sites for hydroxylation is 1. The number of rotatable bonds is 4. The minimum Gasteiger partial charge on any atom is -0.481 e. The van der Waals surface area contributed by atoms with Crippen molar-refractivity contribution in [2.24, 2.45) is 0 Å². The molecule has 2 aromatic rings. The normalized spacial score (nSPS) is 10.1. The number of halogens is 1. The third-order valence-electron chi connectivity index (χ3n) is 2.76. The van der Waals surface area contributed by atoms with Crippen molar-refractivity contribution in [2.75, 3.05) is 17.7 Å². The molecule has 0 saturated heterocycles. The van der Waals surface area contributed by atoms with E-state index in [0.29, 0.717) is 11.4 Å². The highest BCUT2D eigenvalue weighted by Crippen LogP contribution is 2.17. The predicted octanol–water partition coefficient (Wildman–Crippen LogP) is 2.73. The summed E-state index contributed by atoms with van der Waals surface area (Å²) >= 11 is 0. The third-order valence-corrected chi connectivity index (χ3v) is 2.76. The van der Waals surface area contributed by atoms with Crippen molar-refractivity contribution in [1.29, 1.82) is 0 Å². The van der Waals surface area contributed by atoms with E-state index in [-0.39, 0.29) is 18.3 Å². The lowest BCUT2D eigenvalue weighted by Gasteiger charge is -2.09. The molecule has 3 N–H and O–H groups in total. The van der Waals surface area contributed by atoms with Gasteiger partial charge in [-0.05, 0) is 36.8 Å². The molecule has 0 fully saturated rings. The first kappa shape index (κ1) is 13.9. The largest absolute Gasteiger partial charge is 0.481 e. The molecule has 0 atom stereocenters. The second kappa shape index (κ2) is 6.06. The summed E-state index contributed by atoms with van der Waals surface area (Å²) in [6.45, 7) is 1.61. The standard InChI is InChI=1S/C15H15FN2O2/c1-10-6-7-11(8-13(10)17)18-15(19)9-20-14-5-3-2-4-12(14)16/h2-8H,9,17H2,1H3,(H,18,19). The van der Waals surface area contributed by atoms with Crippen LogP contribution in [0.2, 0.25) is 0 Å². The van der Waals surface area contributed by atoms with Gasteiger partial charge in [-0.15, -0.1) is 0 Å². The molecule has 0 aliphatic heterocycles. The molecule has 0 unspecified atom stereocenters. The van der Waals surface area contributed by atoms with Crippen molar-refractivity contribution < 1.29 is 13.9 Å². The topological polar surface area (TPSA) is 64.3 Å². The van der Waals surface area contributed by atoms with Crippen LogP contribution in [-0.4, -0.2) is 12.5 Å². The molecule has 0 aliphatic rings. The van der Waals surface area contributed by atoms with Gasteiger partial charge in [-0.25, -0.2) is 4.39 Å². The fraction of sp³-hybridized carbons (Fsp3) is 0.133. The summed E-state index contributed by atoms with van der Waals surface area (Å²) in [7, 11) is 0. The summed E-state index contributed by atoms with van der Waals surface area (Å²) in [4.78, 5) is 11.7. The van der Waals surface area contributed by atoms with E-state index in [1.807, 2.05) is 13.0 Å². The summed E-state index contributed by atoms with van der Waals surface area (Å²) in [6.07, 6.45) is 0. The van der Waals surface area contributed by atoms with Gasteiger partial charge in [0.25, 0.3) is 5.91 Å². The summed E-state index contributed by atoms with van der Waals surface area (Å²) < 4.78 is 18.4. The second-order valence-electron chi connectivity index (χ2n) is 4.34. The molecule has 2 rings (SSSR count). The van der Waals surface area contributed by atoms with Crippen LogP contribution in [-0.2, 0) is 4.79 Å². The van der Waals surface area contributed by atoms with Crippen LogP contribution in [0.5, 0.6) is 5.75 Å². The summed E-state index contributed by atoms with van der Waals surface area (Å²) in [6, 6.07) is 11.1. The van der Waals surface area contributed by atoms with Gasteiger partial charge in [0.2, 0.25) is 0 Å². The SMILES string of the molecule is Cc1ccc(NC(=O)COc2ccccc2F)cc1N. The number of para-hydroxylation sites is 1. The van der Waals surface area contributed by atoms with Crippen molar-refractivity contribution in [3.63, 3.8) is 0 Å². The Morgan fingerprint density at radius 3 is 2.75 bits per heavy atom. The van der Waals surface area contributed by atoms with Crippen LogP contribution in [0.1, 0.15) is 5.56 Å². The van der Waals surface area contributed by atoms with Gasteiger partial charge in [0.15, 0.2) is 18.2 Å². The van der Waals surface area contributed by atoms with Crippen LogP contribution in [0.25, 0.3) is 0 Å². The van der Waals surface area contributed by atoms with Gasteiger partial charge in [0, 0.05) is 11.4 Å². The minimum absolute atomic E-state index is 0.0473. The number of hydrogen-bond donors (Lipinski definition) is 2. The van der Waals surface area contributed by atoms with E-state index in [0.717, 1.165) is 5.56 Å². The maximum Gasteiger partial charge on any atom is 0.262 e. The van der Waals surface area contributed by atoms with Crippen molar-refractivity contribution in [1.82, 2.24) is 0 Å². The number of carbonyl (C=O) groups is 1. The molecular weight excluding hydrogens is 259 g/mol. The average molecular weight is 274 g/mol. The Morgan fingerprint density at radius 1 is 1.30 bits per heavy atom. The summed E-state index contributed by atoms with van der Waals surface area (Å²) in [5, 5.41) is 2.63. The highest BCUT2D eigenvalue weighted by atomic mass is 19.1. The molecule has 1 amide bonds. The molecule has 104 valence electrons. The zero-order chi connectivity index (χ0) is 14.5. The van der Waals surface area contributed by atoms with Gasteiger partial charge in [-0.2, -0.15) is 0 Å². The molecule has 0 heterocycles. The van der Waals surface area contributed by atoms with Crippen LogP contribution in [0.3, 0.4) is 0 Å². The van der Waals surface area contributed by atoms with Gasteiger partial charge in [-0.3, -0.25) is 4.79 Å². The highest BCUT2D eigenvalue weighted by molar-refractivity contribution is 5.92. The Balaban J connectivity index is 1.93. The molecule has 2 aromatic carbocycles. The van der Waals surface area contributed by atoms with E-state index >= 15 is 0 Å². The minimum atomic E-state index is -0.500. The van der Waals surface area contributed by atoms with E-state index in [2.05, 4.69) is 5.32 Å². The van der Waals surface area contributed by atoms with E-state index in [1.54, 1.807) is 24.3 Å². The lowest BCUT2D eigenvalue weighted by Crippen LogP contribution is -2.20. The zero-order valence-electron chi connectivity index (χ0n) is 11.0. The maximum atomic E-state index is 13.3. The first-order valence-corrected chi connectivity index (χ1v) is 6.09. The molecular formula is C15H15FN2O2. The second-order valence-corrected chi connectivity index (χ2v) is 4.34. The monoisotopic (exact) mass is 274 g/mol. The van der Waals surface area contributed by atoms with E-state index in [9.17, 15) is 9.18 Å². The first-order valence-electron chi connectivity index (χ1n) is 6.09. The molecule has 4 nitrogen and oxygen atoms in total. The Morgan fingerprint density at radius 2 is 2.05 bits per heavy atom. The molecule has 0 radical (unpaired) electrons. The number of hydrogen-bond acceptors (Lipinski definition) is 3.